The van der Waals surface area contributed by atoms with Crippen molar-refractivity contribution in [2.24, 2.45) is 0 Å². The smallest absolute Gasteiger partial charge is 0.245 e. The number of nitrogens with zero attached hydrogens (tertiary/aromatic N) is 2. The van der Waals surface area contributed by atoms with Gasteiger partial charge in [-0.25, -0.2) is 10.4 Å². The van der Waals surface area contributed by atoms with Crippen LogP contribution in [0.25, 0.3) is 10.9 Å². The third-order valence-electron chi connectivity index (χ3n) is 3.66. The Hall–Kier alpha value is -2.24. The molecule has 1 aliphatic heterocycles. The normalized spacial score (nSPS) is 14.2. The van der Waals surface area contributed by atoms with Crippen molar-refractivity contribution in [1.29, 1.82) is 0 Å². The summed E-state index contributed by atoms with van der Waals surface area (Å²) < 4.78 is 0.0521. The summed E-state index contributed by atoms with van der Waals surface area (Å²) in [6.07, 6.45) is 0. The maximum Gasteiger partial charge on any atom is 0.245 e. The summed E-state index contributed by atoms with van der Waals surface area (Å²) in [5.74, 6) is 0. The van der Waals surface area contributed by atoms with E-state index >= 15 is 0 Å². The van der Waals surface area contributed by atoms with E-state index in [4.69, 9.17) is 0 Å². The molecule has 0 saturated carbocycles. The zero-order valence-corrected chi connectivity index (χ0v) is 12.1. The summed E-state index contributed by atoms with van der Waals surface area (Å²) in [6.45, 7) is 1.48. The highest BCUT2D eigenvalue weighted by atomic mass is 32.1. The first-order valence-electron chi connectivity index (χ1n) is 6.79. The quantitative estimate of drug-likeness (QED) is 0.750. The van der Waals surface area contributed by atoms with Gasteiger partial charge in [-0.2, -0.15) is 0 Å². The van der Waals surface area contributed by atoms with Crippen molar-refractivity contribution in [1.82, 2.24) is 10.4 Å². The van der Waals surface area contributed by atoms with Gasteiger partial charge in [-0.05, 0) is 23.3 Å². The summed E-state index contributed by atoms with van der Waals surface area (Å²) in [7, 11) is 0. The van der Waals surface area contributed by atoms with E-state index in [9.17, 15) is 4.79 Å². The second-order valence-corrected chi connectivity index (χ2v) is 5.93. The lowest BCUT2D eigenvalue weighted by molar-refractivity contribution is 0.581. The number of nitrogens with one attached hydrogen (secondary N) is 1. The van der Waals surface area contributed by atoms with Crippen molar-refractivity contribution in [3.05, 3.63) is 69.2 Å². The summed E-state index contributed by atoms with van der Waals surface area (Å²) >= 11 is 1.18. The first kappa shape index (κ1) is 12.5. The number of para-hydroxylation sites is 1. The van der Waals surface area contributed by atoms with Crippen LogP contribution in [-0.2, 0) is 13.1 Å². The van der Waals surface area contributed by atoms with Crippen molar-refractivity contribution in [3.63, 3.8) is 0 Å². The zero-order chi connectivity index (χ0) is 14.2. The average molecular weight is 295 g/mol. The molecule has 0 bridgehead atoms. The molecule has 4 rings (SSSR count). The van der Waals surface area contributed by atoms with Crippen LogP contribution in [0.5, 0.6) is 0 Å². The first-order chi connectivity index (χ1) is 10.3. The van der Waals surface area contributed by atoms with Crippen LogP contribution in [0.1, 0.15) is 11.1 Å². The Kier molecular flexibility index (Phi) is 2.94. The SMILES string of the molecule is O=c1sc(N2Cc3ccccc3CN2)nc2ccccc12. The fourth-order valence-corrected chi connectivity index (χ4v) is 3.38. The predicted octanol–water partition coefficient (Wildman–Crippen LogP) is 2.68. The Balaban J connectivity index is 1.76. The van der Waals surface area contributed by atoms with Crippen molar-refractivity contribution < 1.29 is 0 Å². The lowest BCUT2D eigenvalue weighted by atomic mass is 10.1. The molecule has 0 atom stereocenters. The van der Waals surface area contributed by atoms with E-state index in [0.717, 1.165) is 18.6 Å². The third-order valence-corrected chi connectivity index (χ3v) is 4.56. The summed E-state index contributed by atoms with van der Waals surface area (Å²) in [6, 6.07) is 15.8. The molecule has 0 fully saturated rings. The van der Waals surface area contributed by atoms with E-state index in [0.29, 0.717) is 10.5 Å². The summed E-state index contributed by atoms with van der Waals surface area (Å²) in [5.41, 5.74) is 6.64. The van der Waals surface area contributed by atoms with E-state index in [1.54, 1.807) is 0 Å². The van der Waals surface area contributed by atoms with Crippen LogP contribution < -0.4 is 15.2 Å². The molecular weight excluding hydrogens is 282 g/mol. The molecule has 0 radical (unpaired) electrons. The molecule has 2 heterocycles. The van der Waals surface area contributed by atoms with Gasteiger partial charge >= 0.3 is 0 Å². The predicted molar refractivity (Wildman–Crippen MR) is 85.4 cm³/mol. The van der Waals surface area contributed by atoms with E-state index in [1.165, 1.54) is 22.5 Å². The highest BCUT2D eigenvalue weighted by molar-refractivity contribution is 7.13. The zero-order valence-electron chi connectivity index (χ0n) is 11.2. The monoisotopic (exact) mass is 295 g/mol. The molecular formula is C16H13N3OS. The second-order valence-electron chi connectivity index (χ2n) is 4.99. The Bertz CT molecular complexity index is 875. The van der Waals surface area contributed by atoms with Crippen LogP contribution in [0, 0.1) is 0 Å². The molecule has 2 aromatic carbocycles. The van der Waals surface area contributed by atoms with Gasteiger partial charge in [0.1, 0.15) is 0 Å². The Labute approximate surface area is 125 Å². The van der Waals surface area contributed by atoms with E-state index < -0.39 is 0 Å². The van der Waals surface area contributed by atoms with Crippen LogP contribution in [-0.4, -0.2) is 4.98 Å². The largest absolute Gasteiger partial charge is 0.279 e. The number of benzene rings is 2. The molecule has 21 heavy (non-hydrogen) atoms. The lowest BCUT2D eigenvalue weighted by Crippen LogP contribution is -2.41. The van der Waals surface area contributed by atoms with Gasteiger partial charge in [-0.15, -0.1) is 0 Å². The number of rotatable bonds is 1. The minimum Gasteiger partial charge on any atom is -0.279 e. The Morgan fingerprint density at radius 2 is 1.81 bits per heavy atom. The summed E-state index contributed by atoms with van der Waals surface area (Å²) in [5, 5.41) is 3.36. The third kappa shape index (κ3) is 2.20. The summed E-state index contributed by atoms with van der Waals surface area (Å²) in [4.78, 5) is 16.8. The average Bonchev–Trinajstić information content (AvgIpc) is 2.54. The van der Waals surface area contributed by atoms with E-state index in [2.05, 4.69) is 22.5 Å². The number of hydrazine groups is 1. The maximum atomic E-state index is 12.2. The number of anilines is 1. The fraction of sp³-hybridized carbons (Fsp3) is 0.125. The Morgan fingerprint density at radius 1 is 1.05 bits per heavy atom. The van der Waals surface area contributed by atoms with Gasteiger partial charge < -0.3 is 0 Å². The van der Waals surface area contributed by atoms with Crippen molar-refractivity contribution in [2.75, 3.05) is 5.01 Å². The molecule has 0 unspecified atom stereocenters. The van der Waals surface area contributed by atoms with Crippen LogP contribution in [0.15, 0.2) is 53.3 Å². The van der Waals surface area contributed by atoms with E-state index in [1.807, 2.05) is 41.4 Å². The van der Waals surface area contributed by atoms with Gasteiger partial charge in [-0.3, -0.25) is 9.80 Å². The molecule has 0 spiro atoms. The molecule has 3 aromatic rings. The van der Waals surface area contributed by atoms with E-state index in [-0.39, 0.29) is 4.74 Å². The number of fused-ring (bicyclic) bond motifs is 2. The second kappa shape index (κ2) is 4.95. The molecule has 104 valence electrons. The standard InChI is InChI=1S/C16H13N3OS/c20-15-13-7-3-4-8-14(13)18-16(21-15)19-10-12-6-2-1-5-11(12)9-17-19/h1-8,17H,9-10H2. The highest BCUT2D eigenvalue weighted by Crippen LogP contribution is 2.23. The van der Waals surface area contributed by atoms with Gasteiger partial charge in [0.2, 0.25) is 9.87 Å². The molecule has 0 amide bonds. The fourth-order valence-electron chi connectivity index (χ4n) is 2.55. The van der Waals surface area contributed by atoms with Crippen molar-refractivity contribution >= 4 is 27.4 Å². The lowest BCUT2D eigenvalue weighted by Gasteiger charge is -2.29. The number of hydrogen-bond donors (Lipinski definition) is 1. The van der Waals surface area contributed by atoms with Crippen LogP contribution in [0.3, 0.4) is 0 Å². The van der Waals surface area contributed by atoms with Crippen LogP contribution in [0.2, 0.25) is 0 Å². The molecule has 1 aromatic heterocycles. The molecule has 4 nitrogen and oxygen atoms in total. The van der Waals surface area contributed by atoms with Crippen LogP contribution in [0.4, 0.5) is 5.13 Å². The van der Waals surface area contributed by atoms with Gasteiger partial charge in [0, 0.05) is 6.54 Å². The molecule has 5 heteroatoms. The van der Waals surface area contributed by atoms with Crippen molar-refractivity contribution in [3.8, 4) is 0 Å². The van der Waals surface area contributed by atoms with Gasteiger partial charge in [-0.1, -0.05) is 47.7 Å². The first-order valence-corrected chi connectivity index (χ1v) is 7.60. The number of aromatic nitrogens is 1. The van der Waals surface area contributed by atoms with Crippen LogP contribution >= 0.6 is 11.3 Å². The molecule has 0 saturated heterocycles. The van der Waals surface area contributed by atoms with Crippen molar-refractivity contribution in [2.45, 2.75) is 13.1 Å². The molecule has 0 aliphatic carbocycles. The molecule has 1 aliphatic rings. The minimum atomic E-state index is 0.0521. The topological polar surface area (TPSA) is 45.2 Å². The van der Waals surface area contributed by atoms with Gasteiger partial charge in [0.25, 0.3) is 0 Å². The minimum absolute atomic E-state index is 0.0521. The van der Waals surface area contributed by atoms with Gasteiger partial charge in [0.05, 0.1) is 17.4 Å². The maximum absolute atomic E-state index is 12.2. The number of hydrogen-bond acceptors (Lipinski definition) is 5. The molecule has 1 N–H and O–H groups in total. The van der Waals surface area contributed by atoms with Gasteiger partial charge in [0.15, 0.2) is 0 Å². The Morgan fingerprint density at radius 3 is 2.71 bits per heavy atom. The highest BCUT2D eigenvalue weighted by Gasteiger charge is 2.18.